The lowest BCUT2D eigenvalue weighted by Gasteiger charge is -2.40. The van der Waals surface area contributed by atoms with E-state index in [4.69, 9.17) is 4.74 Å². The number of likely N-dealkylation sites (tertiary alicyclic amines) is 1. The topological polar surface area (TPSA) is 82.9 Å². The first-order valence-electron chi connectivity index (χ1n) is 11.1. The lowest BCUT2D eigenvalue weighted by Crippen LogP contribution is -2.46. The zero-order valence-corrected chi connectivity index (χ0v) is 19.4. The van der Waals surface area contributed by atoms with E-state index < -0.39 is 11.9 Å². The summed E-state index contributed by atoms with van der Waals surface area (Å²) in [7, 11) is 1.62. The first-order chi connectivity index (χ1) is 16.1. The predicted molar refractivity (Wildman–Crippen MR) is 130 cm³/mol. The highest BCUT2D eigenvalue weighted by atomic mass is 32.1. The molecule has 0 amide bonds. The van der Waals surface area contributed by atoms with Gasteiger partial charge in [-0.1, -0.05) is 17.9 Å². The molecule has 2 N–H and O–H groups in total. The van der Waals surface area contributed by atoms with Crippen molar-refractivity contribution in [2.45, 2.75) is 18.8 Å². The number of hydrogen-bond donors (Lipinski definition) is 2. The van der Waals surface area contributed by atoms with E-state index in [1.165, 1.54) is 0 Å². The van der Waals surface area contributed by atoms with Gasteiger partial charge in [0, 0.05) is 24.7 Å². The van der Waals surface area contributed by atoms with Crippen molar-refractivity contribution in [1.82, 2.24) is 9.88 Å². The average Bonchev–Trinajstić information content (AvgIpc) is 3.35. The summed E-state index contributed by atoms with van der Waals surface area (Å²) in [5.74, 6) is 5.56. The standard InChI is InChI=1S/C26H28N2O4S/c1-32-18-6-7-25-23(16-18)20(8-11-27-25)22(10-14-29)21-9-13-28(17-24(21)26(30)31)12-2-4-19-5-3-15-33-19/h3,5-8,11,15-16,21-22,24,29H,9-10,12-14,17H2,1H3,(H,30,31)/t21-,22?,24+/m1/s1. The summed E-state index contributed by atoms with van der Waals surface area (Å²) in [6, 6.07) is 11.7. The van der Waals surface area contributed by atoms with Gasteiger partial charge in [-0.3, -0.25) is 14.7 Å². The molecule has 0 bridgehead atoms. The minimum absolute atomic E-state index is 0.00268. The molecule has 172 valence electrons. The van der Waals surface area contributed by atoms with E-state index in [0.29, 0.717) is 19.5 Å². The molecule has 4 rings (SSSR count). The van der Waals surface area contributed by atoms with E-state index in [1.807, 2.05) is 41.8 Å². The van der Waals surface area contributed by atoms with Crippen molar-refractivity contribution in [1.29, 1.82) is 0 Å². The fourth-order valence-electron chi connectivity index (χ4n) is 4.85. The normalized spacial score (nSPS) is 19.6. The molecular formula is C26H28N2O4S. The Hall–Kier alpha value is -2.92. The number of fused-ring (bicyclic) bond motifs is 1. The SMILES string of the molecule is COc1ccc2nccc(C(CCO)[C@H]3CCN(CC#Cc4cccs4)C[C@@H]3C(=O)O)c2c1. The third kappa shape index (κ3) is 5.36. The molecule has 1 aliphatic heterocycles. The van der Waals surface area contributed by atoms with Crippen molar-refractivity contribution >= 4 is 28.2 Å². The Morgan fingerprint density at radius 2 is 2.24 bits per heavy atom. The maximum absolute atomic E-state index is 12.3. The van der Waals surface area contributed by atoms with E-state index >= 15 is 0 Å². The summed E-state index contributed by atoms with van der Waals surface area (Å²) in [5, 5.41) is 22.9. The second-order valence-corrected chi connectivity index (χ2v) is 9.26. The molecule has 0 saturated carbocycles. The van der Waals surface area contributed by atoms with Gasteiger partial charge in [0.1, 0.15) is 5.75 Å². The molecule has 1 unspecified atom stereocenters. The van der Waals surface area contributed by atoms with Gasteiger partial charge in [0.05, 0.1) is 30.0 Å². The molecule has 3 aromatic rings. The summed E-state index contributed by atoms with van der Waals surface area (Å²) in [5.41, 5.74) is 1.86. The number of aromatic nitrogens is 1. The van der Waals surface area contributed by atoms with E-state index in [-0.39, 0.29) is 18.4 Å². The highest BCUT2D eigenvalue weighted by molar-refractivity contribution is 7.10. The molecule has 1 fully saturated rings. The fourth-order valence-corrected chi connectivity index (χ4v) is 5.44. The number of ether oxygens (including phenoxy) is 1. The minimum atomic E-state index is -0.796. The Morgan fingerprint density at radius 3 is 2.97 bits per heavy atom. The Morgan fingerprint density at radius 1 is 1.36 bits per heavy atom. The number of methoxy groups -OCH3 is 1. The van der Waals surface area contributed by atoms with Crippen molar-refractivity contribution in [2.24, 2.45) is 11.8 Å². The quantitative estimate of drug-likeness (QED) is 0.517. The van der Waals surface area contributed by atoms with Crippen molar-refractivity contribution in [2.75, 3.05) is 33.4 Å². The molecule has 0 spiro atoms. The van der Waals surface area contributed by atoms with Gasteiger partial charge in [-0.05, 0) is 72.5 Å². The summed E-state index contributed by atoms with van der Waals surface area (Å²) in [4.78, 5) is 19.9. The van der Waals surface area contributed by atoms with Crippen LogP contribution in [-0.4, -0.2) is 59.4 Å². The predicted octanol–water partition coefficient (Wildman–Crippen LogP) is 3.85. The molecular weight excluding hydrogens is 436 g/mol. The Labute approximate surface area is 197 Å². The van der Waals surface area contributed by atoms with Gasteiger partial charge >= 0.3 is 5.97 Å². The number of rotatable bonds is 7. The molecule has 3 atom stereocenters. The number of carboxylic acid groups (broad SMARTS) is 1. The van der Waals surface area contributed by atoms with Gasteiger partial charge in [-0.2, -0.15) is 0 Å². The Kier molecular flexibility index (Phi) is 7.61. The first-order valence-corrected chi connectivity index (χ1v) is 12.0. The molecule has 7 heteroatoms. The third-order valence-electron chi connectivity index (χ3n) is 6.44. The van der Waals surface area contributed by atoms with Crippen LogP contribution in [0.2, 0.25) is 0 Å². The van der Waals surface area contributed by atoms with Crippen LogP contribution >= 0.6 is 11.3 Å². The Bertz CT molecular complexity index is 1150. The number of aliphatic hydroxyl groups excluding tert-OH is 1. The smallest absolute Gasteiger partial charge is 0.308 e. The second kappa shape index (κ2) is 10.8. The summed E-state index contributed by atoms with van der Waals surface area (Å²) in [6.45, 7) is 1.78. The molecule has 0 radical (unpaired) electrons. The van der Waals surface area contributed by atoms with Crippen LogP contribution < -0.4 is 4.74 Å². The van der Waals surface area contributed by atoms with Crippen LogP contribution in [0.1, 0.15) is 29.2 Å². The zero-order valence-electron chi connectivity index (χ0n) is 18.6. The monoisotopic (exact) mass is 464 g/mol. The molecule has 2 aromatic heterocycles. The highest BCUT2D eigenvalue weighted by Gasteiger charge is 2.39. The number of benzene rings is 1. The van der Waals surface area contributed by atoms with Crippen LogP contribution in [0.3, 0.4) is 0 Å². The molecule has 1 aromatic carbocycles. The van der Waals surface area contributed by atoms with Crippen molar-refractivity contribution in [3.63, 3.8) is 0 Å². The van der Waals surface area contributed by atoms with Crippen LogP contribution in [-0.2, 0) is 4.79 Å². The molecule has 0 aliphatic carbocycles. The van der Waals surface area contributed by atoms with Crippen LogP contribution in [0.5, 0.6) is 5.75 Å². The number of carbonyl (C=O) groups is 1. The van der Waals surface area contributed by atoms with Gasteiger partial charge in [0.15, 0.2) is 0 Å². The lowest BCUT2D eigenvalue weighted by molar-refractivity contribution is -0.146. The number of nitrogens with zero attached hydrogens (tertiary/aromatic N) is 2. The molecule has 1 aliphatic rings. The minimum Gasteiger partial charge on any atom is -0.497 e. The molecule has 6 nitrogen and oxygen atoms in total. The van der Waals surface area contributed by atoms with Crippen molar-refractivity contribution in [3.05, 3.63) is 58.4 Å². The van der Waals surface area contributed by atoms with Gasteiger partial charge in [0.2, 0.25) is 0 Å². The van der Waals surface area contributed by atoms with Gasteiger partial charge < -0.3 is 14.9 Å². The molecule has 1 saturated heterocycles. The lowest BCUT2D eigenvalue weighted by atomic mass is 9.72. The van der Waals surface area contributed by atoms with Crippen LogP contribution in [0, 0.1) is 23.7 Å². The number of thiophene rings is 1. The van der Waals surface area contributed by atoms with Gasteiger partial charge in [0.25, 0.3) is 0 Å². The number of aliphatic hydroxyl groups is 1. The fraction of sp³-hybridized carbons (Fsp3) is 0.385. The van der Waals surface area contributed by atoms with Crippen molar-refractivity contribution < 1.29 is 19.7 Å². The van der Waals surface area contributed by atoms with E-state index in [0.717, 1.165) is 40.1 Å². The third-order valence-corrected chi connectivity index (χ3v) is 7.23. The zero-order chi connectivity index (χ0) is 23.2. The number of pyridine rings is 1. The number of hydrogen-bond acceptors (Lipinski definition) is 6. The van der Waals surface area contributed by atoms with Gasteiger partial charge in [-0.25, -0.2) is 0 Å². The molecule has 33 heavy (non-hydrogen) atoms. The second-order valence-electron chi connectivity index (χ2n) is 8.31. The average molecular weight is 465 g/mol. The number of carboxylic acids is 1. The van der Waals surface area contributed by atoms with E-state index in [9.17, 15) is 15.0 Å². The summed E-state index contributed by atoms with van der Waals surface area (Å²) >= 11 is 1.60. The number of aliphatic carboxylic acids is 1. The van der Waals surface area contributed by atoms with Crippen molar-refractivity contribution in [3.8, 4) is 17.6 Å². The van der Waals surface area contributed by atoms with Crippen LogP contribution in [0.15, 0.2) is 48.0 Å². The van der Waals surface area contributed by atoms with E-state index in [1.54, 1.807) is 24.6 Å². The van der Waals surface area contributed by atoms with Gasteiger partial charge in [-0.15, -0.1) is 11.3 Å². The maximum atomic E-state index is 12.3. The highest BCUT2D eigenvalue weighted by Crippen LogP contribution is 2.41. The summed E-state index contributed by atoms with van der Waals surface area (Å²) < 4.78 is 5.41. The Balaban J connectivity index is 1.60. The maximum Gasteiger partial charge on any atom is 0.308 e. The number of piperidine rings is 1. The summed E-state index contributed by atoms with van der Waals surface area (Å²) in [6.07, 6.45) is 3.00. The van der Waals surface area contributed by atoms with Crippen LogP contribution in [0.25, 0.3) is 10.9 Å². The van der Waals surface area contributed by atoms with E-state index in [2.05, 4.69) is 21.7 Å². The molecule has 3 heterocycles. The van der Waals surface area contributed by atoms with Crippen LogP contribution in [0.4, 0.5) is 0 Å². The first kappa shape index (κ1) is 23.2. The largest absolute Gasteiger partial charge is 0.497 e.